The van der Waals surface area contributed by atoms with Gasteiger partial charge < -0.3 is 10.4 Å². The molecule has 3 heteroatoms. The van der Waals surface area contributed by atoms with Crippen LogP contribution in [-0.2, 0) is 4.79 Å². The zero-order chi connectivity index (χ0) is 8.15. The lowest BCUT2D eigenvalue weighted by Gasteiger charge is -2.10. The van der Waals surface area contributed by atoms with Gasteiger partial charge in [-0.25, -0.2) is 0 Å². The summed E-state index contributed by atoms with van der Waals surface area (Å²) in [6.07, 6.45) is -0.315. The molecule has 0 heterocycles. The second kappa shape index (κ2) is 4.28. The maximum Gasteiger partial charge on any atom is 0.248 e. The first-order valence-electron chi connectivity index (χ1n) is 3.47. The predicted octanol–water partition coefficient (Wildman–Crippen LogP) is 0.139. The third-order valence-electron chi connectivity index (χ3n) is 1.24. The van der Waals surface area contributed by atoms with Gasteiger partial charge in [0.1, 0.15) is 6.10 Å². The van der Waals surface area contributed by atoms with Crippen LogP contribution in [0, 0.1) is 5.92 Å². The maximum atomic E-state index is 10.7. The van der Waals surface area contributed by atoms with E-state index in [1.165, 1.54) is 7.05 Å². The summed E-state index contributed by atoms with van der Waals surface area (Å²) < 4.78 is 0. The summed E-state index contributed by atoms with van der Waals surface area (Å²) in [7, 11) is 1.52. The highest BCUT2D eigenvalue weighted by Gasteiger charge is 2.13. The number of hydrogen-bond acceptors (Lipinski definition) is 2. The summed E-state index contributed by atoms with van der Waals surface area (Å²) in [6.45, 7) is 3.93. The van der Waals surface area contributed by atoms with E-state index in [9.17, 15) is 4.79 Å². The number of carbonyl (C=O) groups excluding carboxylic acids is 1. The Labute approximate surface area is 61.4 Å². The summed E-state index contributed by atoms with van der Waals surface area (Å²) in [5, 5.41) is 11.5. The molecule has 0 fully saturated rings. The van der Waals surface area contributed by atoms with Gasteiger partial charge in [-0.05, 0) is 12.3 Å². The number of aliphatic hydroxyl groups is 1. The van der Waals surface area contributed by atoms with E-state index in [1.807, 2.05) is 13.8 Å². The largest absolute Gasteiger partial charge is 0.383 e. The Balaban J connectivity index is 3.61. The van der Waals surface area contributed by atoms with Crippen molar-refractivity contribution < 1.29 is 9.90 Å². The molecule has 1 amide bonds. The normalized spacial score (nSPS) is 13.3. The van der Waals surface area contributed by atoms with E-state index in [0.717, 1.165) is 0 Å². The Morgan fingerprint density at radius 2 is 2.10 bits per heavy atom. The smallest absolute Gasteiger partial charge is 0.248 e. The first kappa shape index (κ1) is 9.43. The Kier molecular flexibility index (Phi) is 4.03. The highest BCUT2D eigenvalue weighted by molar-refractivity contribution is 5.80. The molecule has 0 aliphatic rings. The summed E-state index contributed by atoms with van der Waals surface area (Å²) in [5.41, 5.74) is 0. The van der Waals surface area contributed by atoms with E-state index in [2.05, 4.69) is 5.32 Å². The number of aliphatic hydroxyl groups excluding tert-OH is 1. The Bertz CT molecular complexity index is 112. The molecule has 0 saturated carbocycles. The number of likely N-dealkylation sites (N-methyl/N-ethyl adjacent to an activating group) is 1. The molecule has 0 unspecified atom stereocenters. The average molecular weight is 145 g/mol. The van der Waals surface area contributed by atoms with Crippen LogP contribution in [-0.4, -0.2) is 24.2 Å². The highest BCUT2D eigenvalue weighted by Crippen LogP contribution is 2.03. The molecule has 10 heavy (non-hydrogen) atoms. The van der Waals surface area contributed by atoms with Crippen molar-refractivity contribution in [3.63, 3.8) is 0 Å². The first-order valence-corrected chi connectivity index (χ1v) is 3.47. The number of nitrogens with one attached hydrogen (secondary N) is 1. The molecule has 0 aromatic carbocycles. The fraction of sp³-hybridized carbons (Fsp3) is 0.857. The molecule has 3 nitrogen and oxygen atoms in total. The molecule has 2 N–H and O–H groups in total. The molecular weight excluding hydrogens is 130 g/mol. The minimum absolute atomic E-state index is 0.297. The van der Waals surface area contributed by atoms with Gasteiger partial charge in [0.2, 0.25) is 5.91 Å². The molecule has 1 atom stereocenters. The van der Waals surface area contributed by atoms with E-state index < -0.39 is 6.10 Å². The molecule has 0 bridgehead atoms. The molecular formula is C7H15NO2. The van der Waals surface area contributed by atoms with Gasteiger partial charge in [-0.1, -0.05) is 13.8 Å². The van der Waals surface area contributed by atoms with E-state index >= 15 is 0 Å². The van der Waals surface area contributed by atoms with Crippen molar-refractivity contribution in [2.24, 2.45) is 5.92 Å². The summed E-state index contributed by atoms with van der Waals surface area (Å²) >= 11 is 0. The molecule has 0 aromatic heterocycles. The van der Waals surface area contributed by atoms with Gasteiger partial charge in [-0.2, -0.15) is 0 Å². The van der Waals surface area contributed by atoms with Crippen molar-refractivity contribution in [3.8, 4) is 0 Å². The lowest BCUT2D eigenvalue weighted by Crippen LogP contribution is -2.32. The monoisotopic (exact) mass is 145 g/mol. The van der Waals surface area contributed by atoms with Crippen molar-refractivity contribution in [2.75, 3.05) is 7.05 Å². The first-order chi connectivity index (χ1) is 4.57. The van der Waals surface area contributed by atoms with Gasteiger partial charge in [0.05, 0.1) is 0 Å². The molecule has 60 valence electrons. The van der Waals surface area contributed by atoms with Crippen molar-refractivity contribution in [2.45, 2.75) is 26.4 Å². The predicted molar refractivity (Wildman–Crippen MR) is 39.5 cm³/mol. The highest BCUT2D eigenvalue weighted by atomic mass is 16.3. The van der Waals surface area contributed by atoms with Crippen LogP contribution in [0.3, 0.4) is 0 Å². The standard InChI is InChI=1S/C7H15NO2/c1-5(2)4-6(9)7(10)8-3/h5-6,9H,4H2,1-3H3,(H,8,10)/t6-/m1/s1. The molecule has 0 radical (unpaired) electrons. The molecule has 0 aliphatic carbocycles. The quantitative estimate of drug-likeness (QED) is 0.593. The van der Waals surface area contributed by atoms with Crippen LogP contribution in [0.25, 0.3) is 0 Å². The van der Waals surface area contributed by atoms with Gasteiger partial charge in [-0.15, -0.1) is 0 Å². The molecule has 0 aromatic rings. The average Bonchev–Trinajstić information content (AvgIpc) is 1.85. The van der Waals surface area contributed by atoms with Gasteiger partial charge in [0.15, 0.2) is 0 Å². The van der Waals surface area contributed by atoms with Crippen LogP contribution in [0.4, 0.5) is 0 Å². The van der Waals surface area contributed by atoms with Crippen molar-refractivity contribution in [1.82, 2.24) is 5.32 Å². The van der Waals surface area contributed by atoms with Crippen LogP contribution in [0.1, 0.15) is 20.3 Å². The van der Waals surface area contributed by atoms with Crippen molar-refractivity contribution >= 4 is 5.91 Å². The number of carbonyl (C=O) groups is 1. The van der Waals surface area contributed by atoms with Crippen LogP contribution < -0.4 is 5.32 Å². The second-order valence-corrected chi connectivity index (χ2v) is 2.76. The second-order valence-electron chi connectivity index (χ2n) is 2.76. The Morgan fingerprint density at radius 3 is 2.40 bits per heavy atom. The van der Waals surface area contributed by atoms with Gasteiger partial charge >= 0.3 is 0 Å². The number of rotatable bonds is 3. The zero-order valence-corrected chi connectivity index (χ0v) is 6.72. The van der Waals surface area contributed by atoms with E-state index in [0.29, 0.717) is 12.3 Å². The van der Waals surface area contributed by atoms with Crippen LogP contribution in [0.15, 0.2) is 0 Å². The van der Waals surface area contributed by atoms with Crippen molar-refractivity contribution in [3.05, 3.63) is 0 Å². The summed E-state index contributed by atoms with van der Waals surface area (Å²) in [5.74, 6) is 0.0565. The maximum absolute atomic E-state index is 10.7. The Morgan fingerprint density at radius 1 is 1.60 bits per heavy atom. The van der Waals surface area contributed by atoms with Gasteiger partial charge in [0.25, 0.3) is 0 Å². The summed E-state index contributed by atoms with van der Waals surface area (Å²) in [6, 6.07) is 0. The molecule has 0 aliphatic heterocycles. The fourth-order valence-electron chi connectivity index (χ4n) is 0.720. The zero-order valence-electron chi connectivity index (χ0n) is 6.72. The minimum atomic E-state index is -0.843. The molecule has 0 saturated heterocycles. The van der Waals surface area contributed by atoms with Crippen molar-refractivity contribution in [1.29, 1.82) is 0 Å². The lowest BCUT2D eigenvalue weighted by atomic mass is 10.1. The van der Waals surface area contributed by atoms with E-state index in [4.69, 9.17) is 5.11 Å². The fourth-order valence-corrected chi connectivity index (χ4v) is 0.720. The summed E-state index contributed by atoms with van der Waals surface area (Å²) in [4.78, 5) is 10.7. The number of hydrogen-bond donors (Lipinski definition) is 2. The van der Waals surface area contributed by atoms with Crippen LogP contribution in [0.5, 0.6) is 0 Å². The third kappa shape index (κ3) is 3.45. The van der Waals surface area contributed by atoms with Gasteiger partial charge in [-0.3, -0.25) is 4.79 Å². The van der Waals surface area contributed by atoms with E-state index in [1.54, 1.807) is 0 Å². The van der Waals surface area contributed by atoms with Crippen LogP contribution >= 0.6 is 0 Å². The topological polar surface area (TPSA) is 49.3 Å². The van der Waals surface area contributed by atoms with Crippen LogP contribution in [0.2, 0.25) is 0 Å². The molecule has 0 spiro atoms. The van der Waals surface area contributed by atoms with Gasteiger partial charge in [0, 0.05) is 7.05 Å². The number of amides is 1. The minimum Gasteiger partial charge on any atom is -0.383 e. The molecule has 0 rings (SSSR count). The third-order valence-corrected chi connectivity index (χ3v) is 1.24. The van der Waals surface area contributed by atoms with E-state index in [-0.39, 0.29) is 5.91 Å². The lowest BCUT2D eigenvalue weighted by molar-refractivity contribution is -0.129. The Hall–Kier alpha value is -0.570. The SMILES string of the molecule is CNC(=O)[C@H](O)CC(C)C.